The lowest BCUT2D eigenvalue weighted by molar-refractivity contribution is 0.181. The molecule has 2 rings (SSSR count). The lowest BCUT2D eigenvalue weighted by atomic mass is 10.1. The lowest BCUT2D eigenvalue weighted by Gasteiger charge is -2.30. The van der Waals surface area contributed by atoms with Crippen LogP contribution in [0.4, 0.5) is 0 Å². The van der Waals surface area contributed by atoms with Gasteiger partial charge >= 0.3 is 0 Å². The van der Waals surface area contributed by atoms with Gasteiger partial charge in [-0.1, -0.05) is 30.3 Å². The van der Waals surface area contributed by atoms with Crippen LogP contribution in [0.15, 0.2) is 42.7 Å². The minimum absolute atomic E-state index is 0.0458. The summed E-state index contributed by atoms with van der Waals surface area (Å²) in [6.07, 6.45) is 3.67. The highest BCUT2D eigenvalue weighted by molar-refractivity contribution is 5.22. The molecule has 84 valence electrons. The molecule has 0 spiro atoms. The number of rotatable bonds is 3. The Balaban J connectivity index is 2.26. The van der Waals surface area contributed by atoms with Crippen molar-refractivity contribution in [3.8, 4) is 12.1 Å². The van der Waals surface area contributed by atoms with E-state index in [1.54, 1.807) is 0 Å². The van der Waals surface area contributed by atoms with Crippen molar-refractivity contribution in [2.45, 2.75) is 6.17 Å². The summed E-state index contributed by atoms with van der Waals surface area (Å²) >= 11 is 0. The third-order valence-corrected chi connectivity index (χ3v) is 2.68. The Morgan fingerprint density at radius 3 is 1.94 bits per heavy atom. The Bertz CT molecular complexity index is 454. The number of nitrogens with zero attached hydrogens (tertiary/aromatic N) is 4. The topological polar surface area (TPSA) is 54.1 Å². The summed E-state index contributed by atoms with van der Waals surface area (Å²) in [4.78, 5) is 3.85. The molecule has 0 aliphatic carbocycles. The molecule has 0 saturated heterocycles. The van der Waals surface area contributed by atoms with Crippen molar-refractivity contribution in [1.29, 1.82) is 10.5 Å². The van der Waals surface area contributed by atoms with E-state index in [1.165, 1.54) is 0 Å². The predicted molar refractivity (Wildman–Crippen MR) is 63.0 cm³/mol. The Morgan fingerprint density at radius 1 is 0.941 bits per heavy atom. The van der Waals surface area contributed by atoms with E-state index >= 15 is 0 Å². The van der Waals surface area contributed by atoms with Gasteiger partial charge in [0.2, 0.25) is 0 Å². The van der Waals surface area contributed by atoms with Crippen LogP contribution >= 0.6 is 0 Å². The van der Waals surface area contributed by atoms with Gasteiger partial charge in [-0.25, -0.2) is 0 Å². The molecule has 0 atom stereocenters. The van der Waals surface area contributed by atoms with Crippen molar-refractivity contribution in [2.24, 2.45) is 0 Å². The molecule has 0 fully saturated rings. The average Bonchev–Trinajstić information content (AvgIpc) is 2.74. The van der Waals surface area contributed by atoms with E-state index in [0.717, 1.165) is 5.56 Å². The molecule has 1 heterocycles. The van der Waals surface area contributed by atoms with Crippen molar-refractivity contribution in [3.63, 3.8) is 0 Å². The van der Waals surface area contributed by atoms with Gasteiger partial charge in [0.25, 0.3) is 0 Å². The summed E-state index contributed by atoms with van der Waals surface area (Å²) < 4.78 is 0. The molecule has 4 heteroatoms. The van der Waals surface area contributed by atoms with Crippen LogP contribution in [0.3, 0.4) is 0 Å². The standard InChI is InChI=1S/C13H12N4/c14-6-8-16-10-11-17(9-7-15)13(16)12-4-2-1-3-5-12/h1-5,10-11,13H,8-9H2. The lowest BCUT2D eigenvalue weighted by Crippen LogP contribution is -2.31. The summed E-state index contributed by atoms with van der Waals surface area (Å²) in [6.45, 7) is 0.635. The summed E-state index contributed by atoms with van der Waals surface area (Å²) in [5.41, 5.74) is 1.09. The van der Waals surface area contributed by atoms with Crippen molar-refractivity contribution >= 4 is 0 Å². The van der Waals surface area contributed by atoms with Gasteiger partial charge < -0.3 is 9.80 Å². The number of benzene rings is 1. The first-order chi connectivity index (χ1) is 8.36. The highest BCUT2D eigenvalue weighted by atomic mass is 15.4. The van der Waals surface area contributed by atoms with E-state index in [9.17, 15) is 0 Å². The first-order valence-corrected chi connectivity index (χ1v) is 5.35. The van der Waals surface area contributed by atoms with Gasteiger partial charge in [-0.2, -0.15) is 10.5 Å². The maximum Gasteiger partial charge on any atom is 0.129 e. The fourth-order valence-electron chi connectivity index (χ4n) is 1.97. The zero-order chi connectivity index (χ0) is 12.1. The van der Waals surface area contributed by atoms with Crippen LogP contribution in [0, 0.1) is 22.7 Å². The summed E-state index contributed by atoms with van der Waals surface area (Å²) in [5, 5.41) is 17.6. The second-order valence-electron chi connectivity index (χ2n) is 3.74. The molecular formula is C13H12N4. The van der Waals surface area contributed by atoms with Crippen molar-refractivity contribution in [2.75, 3.05) is 13.1 Å². The molecule has 1 aromatic rings. The summed E-state index contributed by atoms with van der Waals surface area (Å²) in [5.74, 6) is 0. The Labute approximate surface area is 101 Å². The fourth-order valence-corrected chi connectivity index (χ4v) is 1.97. The molecule has 1 aliphatic heterocycles. The van der Waals surface area contributed by atoms with Crippen LogP contribution in [0.2, 0.25) is 0 Å². The Morgan fingerprint density at radius 2 is 1.47 bits per heavy atom. The van der Waals surface area contributed by atoms with E-state index in [2.05, 4.69) is 12.1 Å². The van der Waals surface area contributed by atoms with Crippen LogP contribution in [0.5, 0.6) is 0 Å². The van der Waals surface area contributed by atoms with E-state index < -0.39 is 0 Å². The molecule has 0 radical (unpaired) electrons. The fraction of sp³-hybridized carbons (Fsp3) is 0.231. The summed E-state index contributed by atoms with van der Waals surface area (Å²) in [7, 11) is 0. The van der Waals surface area contributed by atoms with Gasteiger partial charge in [-0.3, -0.25) is 0 Å². The number of nitriles is 2. The molecule has 17 heavy (non-hydrogen) atoms. The molecule has 0 unspecified atom stereocenters. The third-order valence-electron chi connectivity index (χ3n) is 2.68. The molecule has 0 saturated carbocycles. The minimum Gasteiger partial charge on any atom is -0.339 e. The monoisotopic (exact) mass is 224 g/mol. The van der Waals surface area contributed by atoms with Gasteiger partial charge in [0, 0.05) is 12.4 Å². The molecule has 0 aromatic heterocycles. The van der Waals surface area contributed by atoms with Crippen molar-refractivity contribution < 1.29 is 0 Å². The molecule has 0 amide bonds. The zero-order valence-electron chi connectivity index (χ0n) is 9.32. The maximum absolute atomic E-state index is 8.80. The van der Waals surface area contributed by atoms with Crippen LogP contribution in [0.25, 0.3) is 0 Å². The van der Waals surface area contributed by atoms with E-state index in [-0.39, 0.29) is 6.17 Å². The van der Waals surface area contributed by atoms with Crippen LogP contribution in [-0.2, 0) is 0 Å². The van der Waals surface area contributed by atoms with E-state index in [4.69, 9.17) is 10.5 Å². The van der Waals surface area contributed by atoms with Crippen LogP contribution < -0.4 is 0 Å². The number of hydrogen-bond donors (Lipinski definition) is 0. The largest absolute Gasteiger partial charge is 0.339 e. The minimum atomic E-state index is -0.0458. The van der Waals surface area contributed by atoms with E-state index in [0.29, 0.717) is 13.1 Å². The third kappa shape index (κ3) is 2.21. The highest BCUT2D eigenvalue weighted by Gasteiger charge is 2.27. The van der Waals surface area contributed by atoms with Gasteiger partial charge in [0.15, 0.2) is 0 Å². The molecule has 1 aromatic carbocycles. The Kier molecular flexibility index (Phi) is 3.28. The van der Waals surface area contributed by atoms with Gasteiger partial charge in [0.05, 0.1) is 12.1 Å². The van der Waals surface area contributed by atoms with Gasteiger partial charge in [0.1, 0.15) is 19.3 Å². The van der Waals surface area contributed by atoms with Crippen LogP contribution in [0.1, 0.15) is 11.7 Å². The van der Waals surface area contributed by atoms with Crippen molar-refractivity contribution in [3.05, 3.63) is 48.3 Å². The molecular weight excluding hydrogens is 212 g/mol. The molecule has 0 bridgehead atoms. The molecule has 4 nitrogen and oxygen atoms in total. The first kappa shape index (κ1) is 11.0. The van der Waals surface area contributed by atoms with Gasteiger partial charge in [-0.15, -0.1) is 0 Å². The zero-order valence-corrected chi connectivity index (χ0v) is 9.32. The average molecular weight is 224 g/mol. The van der Waals surface area contributed by atoms with Gasteiger partial charge in [-0.05, 0) is 5.56 Å². The smallest absolute Gasteiger partial charge is 0.129 e. The second-order valence-corrected chi connectivity index (χ2v) is 3.74. The normalized spacial score (nSPS) is 14.7. The predicted octanol–water partition coefficient (Wildman–Crippen LogP) is 1.82. The molecule has 0 N–H and O–H groups in total. The van der Waals surface area contributed by atoms with E-state index in [1.807, 2.05) is 52.5 Å². The quantitative estimate of drug-likeness (QED) is 0.735. The maximum atomic E-state index is 8.80. The summed E-state index contributed by atoms with van der Waals surface area (Å²) in [6, 6.07) is 14.2. The SMILES string of the molecule is N#CCN1C=CN(CC#N)C1c1ccccc1. The molecule has 1 aliphatic rings. The highest BCUT2D eigenvalue weighted by Crippen LogP contribution is 2.29. The van der Waals surface area contributed by atoms with Crippen LogP contribution in [-0.4, -0.2) is 22.9 Å². The second kappa shape index (κ2) is 5.05. The number of hydrogen-bond acceptors (Lipinski definition) is 4. The van der Waals surface area contributed by atoms with Crippen molar-refractivity contribution in [1.82, 2.24) is 9.80 Å². The first-order valence-electron chi connectivity index (χ1n) is 5.35. The Hall–Kier alpha value is -2.46.